The summed E-state index contributed by atoms with van der Waals surface area (Å²) in [6, 6.07) is 0.172. The molecule has 1 heterocycles. The van der Waals surface area contributed by atoms with Crippen molar-refractivity contribution in [2.45, 2.75) is 45.3 Å². The summed E-state index contributed by atoms with van der Waals surface area (Å²) in [5.41, 5.74) is -0.428. The summed E-state index contributed by atoms with van der Waals surface area (Å²) >= 11 is 0. The summed E-state index contributed by atoms with van der Waals surface area (Å²) in [6.07, 6.45) is 1.75. The van der Waals surface area contributed by atoms with Gasteiger partial charge in [-0.2, -0.15) is 0 Å². The van der Waals surface area contributed by atoms with Crippen LogP contribution in [0, 0.1) is 7.05 Å². The molecule has 4 nitrogen and oxygen atoms in total. The second-order valence-corrected chi connectivity index (χ2v) is 5.06. The quantitative estimate of drug-likeness (QED) is 0.675. The predicted molar refractivity (Wildman–Crippen MR) is 59.3 cm³/mol. The lowest BCUT2D eigenvalue weighted by Gasteiger charge is -2.35. The highest BCUT2D eigenvalue weighted by Gasteiger charge is 2.20. The molecule has 88 valence electrons. The lowest BCUT2D eigenvalue weighted by molar-refractivity contribution is 0.0482. The lowest BCUT2D eigenvalue weighted by Crippen LogP contribution is -2.47. The molecule has 1 aliphatic heterocycles. The molecule has 0 bridgehead atoms. The minimum Gasteiger partial charge on any atom is -0.458 e. The summed E-state index contributed by atoms with van der Waals surface area (Å²) in [4.78, 5) is 13.4. The van der Waals surface area contributed by atoms with Crippen LogP contribution in [0.25, 0.3) is 0 Å². The van der Waals surface area contributed by atoms with Gasteiger partial charge in [0.15, 0.2) is 0 Å². The van der Waals surface area contributed by atoms with E-state index in [1.165, 1.54) is 0 Å². The molecule has 1 N–H and O–H groups in total. The van der Waals surface area contributed by atoms with Crippen molar-refractivity contribution in [1.82, 2.24) is 10.2 Å². The number of amides is 1. The number of hydrogen-bond acceptors (Lipinski definition) is 3. The molecule has 0 radical (unpaired) electrons. The number of nitrogens with one attached hydrogen (secondary N) is 1. The van der Waals surface area contributed by atoms with Crippen molar-refractivity contribution in [2.24, 2.45) is 0 Å². The summed E-state index contributed by atoms with van der Waals surface area (Å²) in [5, 5.41) is 2.86. The van der Waals surface area contributed by atoms with Crippen molar-refractivity contribution >= 4 is 6.09 Å². The Morgan fingerprint density at radius 3 is 2.73 bits per heavy atom. The highest BCUT2D eigenvalue weighted by atomic mass is 16.6. The van der Waals surface area contributed by atoms with E-state index in [1.807, 2.05) is 25.7 Å². The highest BCUT2D eigenvalue weighted by Crippen LogP contribution is 2.11. The largest absolute Gasteiger partial charge is 0.458 e. The van der Waals surface area contributed by atoms with Crippen LogP contribution in [-0.4, -0.2) is 35.7 Å². The van der Waals surface area contributed by atoms with E-state index in [9.17, 15) is 4.79 Å². The molecule has 1 saturated heterocycles. The van der Waals surface area contributed by atoms with E-state index in [2.05, 4.69) is 12.4 Å². The van der Waals surface area contributed by atoms with Gasteiger partial charge in [0.2, 0.25) is 0 Å². The fourth-order valence-electron chi connectivity index (χ4n) is 1.65. The van der Waals surface area contributed by atoms with E-state index in [0.29, 0.717) is 0 Å². The smallest absolute Gasteiger partial charge is 0.407 e. The molecular weight excluding hydrogens is 192 g/mol. The summed E-state index contributed by atoms with van der Waals surface area (Å²) in [7, 11) is 3.87. The topological polar surface area (TPSA) is 41.6 Å². The first kappa shape index (κ1) is 12.3. The number of rotatable bonds is 1. The Hall–Kier alpha value is -0.770. The van der Waals surface area contributed by atoms with Crippen molar-refractivity contribution < 1.29 is 9.53 Å². The van der Waals surface area contributed by atoms with Crippen LogP contribution >= 0.6 is 0 Å². The average molecular weight is 213 g/mol. The van der Waals surface area contributed by atoms with Gasteiger partial charge >= 0.3 is 6.09 Å². The van der Waals surface area contributed by atoms with Crippen molar-refractivity contribution in [3.05, 3.63) is 7.05 Å². The minimum absolute atomic E-state index is 0.172. The number of nitrogens with zero attached hydrogens (tertiary/aromatic N) is 1. The molecule has 0 spiro atoms. The SMILES string of the molecule is [CH2-]N1CCC[C@@H](NC(=O)OC(C)(C)C)C1. The molecule has 0 saturated carbocycles. The Bertz CT molecular complexity index is 223. The second-order valence-electron chi connectivity index (χ2n) is 5.06. The van der Waals surface area contributed by atoms with Gasteiger partial charge in [0.25, 0.3) is 0 Å². The molecule has 1 fully saturated rings. The number of carbonyl (C=O) groups excluding carboxylic acids is 1. The number of piperidine rings is 1. The van der Waals surface area contributed by atoms with Gasteiger partial charge in [0.1, 0.15) is 5.60 Å². The van der Waals surface area contributed by atoms with Gasteiger partial charge < -0.3 is 15.0 Å². The second kappa shape index (κ2) is 4.84. The third kappa shape index (κ3) is 5.02. The normalized spacial score (nSPS) is 23.6. The van der Waals surface area contributed by atoms with Crippen molar-refractivity contribution in [3.63, 3.8) is 0 Å². The fourth-order valence-corrected chi connectivity index (χ4v) is 1.65. The molecule has 0 aromatic carbocycles. The van der Waals surface area contributed by atoms with Gasteiger partial charge in [-0.15, -0.1) is 0 Å². The maximum absolute atomic E-state index is 11.5. The number of hydrogen-bond donors (Lipinski definition) is 1. The lowest BCUT2D eigenvalue weighted by atomic mass is 10.1. The van der Waals surface area contributed by atoms with Crippen molar-refractivity contribution in [2.75, 3.05) is 13.1 Å². The number of ether oxygens (including phenoxy) is 1. The molecule has 0 aromatic heterocycles. The third-order valence-corrected chi connectivity index (χ3v) is 2.23. The van der Waals surface area contributed by atoms with Crippen LogP contribution in [-0.2, 0) is 4.74 Å². The highest BCUT2D eigenvalue weighted by molar-refractivity contribution is 5.68. The molecule has 1 amide bonds. The number of alkyl carbamates (subject to hydrolysis) is 1. The molecule has 1 rings (SSSR count). The van der Waals surface area contributed by atoms with Gasteiger partial charge in [-0.3, -0.25) is 7.05 Å². The Morgan fingerprint density at radius 1 is 1.53 bits per heavy atom. The minimum atomic E-state index is -0.428. The summed E-state index contributed by atoms with van der Waals surface area (Å²) < 4.78 is 5.19. The van der Waals surface area contributed by atoms with Gasteiger partial charge in [-0.25, -0.2) is 4.79 Å². The van der Waals surface area contributed by atoms with E-state index >= 15 is 0 Å². The van der Waals surface area contributed by atoms with Crippen molar-refractivity contribution in [1.29, 1.82) is 0 Å². The van der Waals surface area contributed by atoms with Gasteiger partial charge in [0, 0.05) is 6.04 Å². The van der Waals surface area contributed by atoms with E-state index in [4.69, 9.17) is 4.74 Å². The predicted octanol–water partition coefficient (Wildman–Crippen LogP) is 1.77. The Labute approximate surface area is 92.0 Å². The first-order valence-corrected chi connectivity index (χ1v) is 5.42. The molecule has 4 heteroatoms. The third-order valence-electron chi connectivity index (χ3n) is 2.23. The monoisotopic (exact) mass is 213 g/mol. The Morgan fingerprint density at radius 2 is 2.20 bits per heavy atom. The molecule has 0 unspecified atom stereocenters. The zero-order chi connectivity index (χ0) is 11.5. The van der Waals surface area contributed by atoms with Gasteiger partial charge in [-0.1, -0.05) is 0 Å². The summed E-state index contributed by atoms with van der Waals surface area (Å²) in [5.74, 6) is 0. The molecule has 1 atom stereocenters. The number of likely N-dealkylation sites (tertiary alicyclic amines) is 1. The van der Waals surface area contributed by atoms with Crippen LogP contribution in [0.15, 0.2) is 0 Å². The average Bonchev–Trinajstić information content (AvgIpc) is 1.99. The van der Waals surface area contributed by atoms with Crippen LogP contribution < -0.4 is 5.32 Å². The number of carbonyl (C=O) groups is 1. The van der Waals surface area contributed by atoms with Crippen LogP contribution in [0.1, 0.15) is 33.6 Å². The Kier molecular flexibility index (Phi) is 3.97. The van der Waals surface area contributed by atoms with E-state index in [-0.39, 0.29) is 12.1 Å². The van der Waals surface area contributed by atoms with Crippen LogP contribution in [0.3, 0.4) is 0 Å². The Balaban J connectivity index is 2.31. The van der Waals surface area contributed by atoms with Crippen molar-refractivity contribution in [3.8, 4) is 0 Å². The maximum atomic E-state index is 11.5. The van der Waals surface area contributed by atoms with E-state index in [0.717, 1.165) is 25.9 Å². The first-order chi connectivity index (χ1) is 6.87. The van der Waals surface area contributed by atoms with Crippen LogP contribution in [0.5, 0.6) is 0 Å². The standard InChI is InChI=1S/C11H21N2O2/c1-11(2,3)15-10(14)12-9-6-5-7-13(4)8-9/h9H,4-8H2,1-3H3,(H,12,14)/q-1/t9-/m1/s1. The van der Waals surface area contributed by atoms with E-state index in [1.54, 1.807) is 0 Å². The molecule has 0 aromatic rings. The maximum Gasteiger partial charge on any atom is 0.407 e. The molecule has 1 aliphatic rings. The zero-order valence-corrected chi connectivity index (χ0v) is 9.88. The fraction of sp³-hybridized carbons (Fsp3) is 0.818. The molecular formula is C11H21N2O2-. The molecule has 15 heavy (non-hydrogen) atoms. The molecule has 0 aliphatic carbocycles. The summed E-state index contributed by atoms with van der Waals surface area (Å²) in [6.45, 7) is 7.40. The van der Waals surface area contributed by atoms with E-state index < -0.39 is 5.60 Å². The van der Waals surface area contributed by atoms with Crippen LogP contribution in [0.4, 0.5) is 4.79 Å². The zero-order valence-electron chi connectivity index (χ0n) is 9.88. The van der Waals surface area contributed by atoms with Gasteiger partial charge in [-0.05, 0) is 46.7 Å². The van der Waals surface area contributed by atoms with Gasteiger partial charge in [0.05, 0.1) is 0 Å². The first-order valence-electron chi connectivity index (χ1n) is 5.42. The van der Waals surface area contributed by atoms with Crippen LogP contribution in [0.2, 0.25) is 0 Å².